The summed E-state index contributed by atoms with van der Waals surface area (Å²) in [5.74, 6) is -0.0815. The third-order valence-electron chi connectivity index (χ3n) is 5.24. The van der Waals surface area contributed by atoms with Gasteiger partial charge < -0.3 is 10.2 Å². The van der Waals surface area contributed by atoms with E-state index in [9.17, 15) is 18.0 Å². The van der Waals surface area contributed by atoms with E-state index < -0.39 is 16.1 Å². The highest BCUT2D eigenvalue weighted by molar-refractivity contribution is 7.92. The number of hydrogen-bond acceptors (Lipinski definition) is 4. The minimum absolute atomic E-state index is 0.132. The summed E-state index contributed by atoms with van der Waals surface area (Å²) in [4.78, 5) is 27.4. The summed E-state index contributed by atoms with van der Waals surface area (Å²) < 4.78 is 25.9. The molecule has 0 aliphatic carbocycles. The summed E-state index contributed by atoms with van der Waals surface area (Å²) in [6.07, 6.45) is 1.63. The van der Waals surface area contributed by atoms with Crippen molar-refractivity contribution >= 4 is 27.5 Å². The molecule has 0 aliphatic heterocycles. The first-order valence-electron chi connectivity index (χ1n) is 11.2. The quantitative estimate of drug-likeness (QED) is 0.512. The minimum atomic E-state index is -3.49. The molecule has 1 atom stereocenters. The van der Waals surface area contributed by atoms with Crippen LogP contribution in [-0.2, 0) is 26.2 Å². The van der Waals surface area contributed by atoms with Crippen LogP contribution in [0.2, 0.25) is 0 Å². The first kappa shape index (κ1) is 26.4. The van der Waals surface area contributed by atoms with Gasteiger partial charge in [0.1, 0.15) is 6.04 Å². The van der Waals surface area contributed by atoms with Gasteiger partial charge in [0, 0.05) is 26.1 Å². The summed E-state index contributed by atoms with van der Waals surface area (Å²) in [5, 5.41) is 2.90. The number of rotatable bonds is 12. The smallest absolute Gasteiger partial charge is 0.242 e. The average Bonchev–Trinajstić information content (AvgIpc) is 2.78. The number of nitrogens with zero attached hydrogens (tertiary/aromatic N) is 2. The summed E-state index contributed by atoms with van der Waals surface area (Å²) in [6.45, 7) is 6.78. The number of nitrogens with one attached hydrogen (secondary N) is 1. The van der Waals surface area contributed by atoms with Crippen molar-refractivity contribution in [3.05, 3.63) is 66.2 Å². The Morgan fingerprint density at radius 2 is 1.52 bits per heavy atom. The highest BCUT2D eigenvalue weighted by Crippen LogP contribution is 2.18. The second kappa shape index (κ2) is 12.4. The van der Waals surface area contributed by atoms with Gasteiger partial charge in [-0.05, 0) is 37.0 Å². The van der Waals surface area contributed by atoms with Crippen LogP contribution in [0, 0.1) is 5.92 Å². The lowest BCUT2D eigenvalue weighted by atomic mass is 10.1. The van der Waals surface area contributed by atoms with Crippen molar-refractivity contribution < 1.29 is 18.0 Å². The molecule has 180 valence electrons. The van der Waals surface area contributed by atoms with Gasteiger partial charge in [-0.25, -0.2) is 8.42 Å². The normalized spacial score (nSPS) is 12.3. The molecule has 2 aromatic rings. The van der Waals surface area contributed by atoms with Gasteiger partial charge in [0.2, 0.25) is 21.8 Å². The zero-order chi connectivity index (χ0) is 24.4. The molecule has 0 saturated heterocycles. The molecule has 2 amide bonds. The number of sulfonamides is 1. The molecule has 0 saturated carbocycles. The van der Waals surface area contributed by atoms with Crippen LogP contribution < -0.4 is 9.62 Å². The largest absolute Gasteiger partial charge is 0.354 e. The lowest BCUT2D eigenvalue weighted by molar-refractivity contribution is -0.140. The third kappa shape index (κ3) is 8.53. The van der Waals surface area contributed by atoms with Crippen LogP contribution in [0.15, 0.2) is 60.7 Å². The first-order valence-corrected chi connectivity index (χ1v) is 13.1. The molecule has 0 aliphatic rings. The molecule has 2 aromatic carbocycles. The minimum Gasteiger partial charge on any atom is -0.354 e. The Bertz CT molecular complexity index is 995. The van der Waals surface area contributed by atoms with E-state index in [0.717, 1.165) is 11.8 Å². The van der Waals surface area contributed by atoms with Gasteiger partial charge in [-0.3, -0.25) is 13.9 Å². The highest BCUT2D eigenvalue weighted by atomic mass is 32.2. The number of anilines is 1. The highest BCUT2D eigenvalue weighted by Gasteiger charge is 2.26. The molecule has 1 unspecified atom stereocenters. The van der Waals surface area contributed by atoms with Crippen LogP contribution >= 0.6 is 0 Å². The maximum atomic E-state index is 13.2. The van der Waals surface area contributed by atoms with Gasteiger partial charge in [0.25, 0.3) is 0 Å². The van der Waals surface area contributed by atoms with E-state index in [4.69, 9.17) is 0 Å². The zero-order valence-electron chi connectivity index (χ0n) is 19.9. The van der Waals surface area contributed by atoms with E-state index in [1.807, 2.05) is 50.2 Å². The van der Waals surface area contributed by atoms with Crippen LogP contribution in [0.5, 0.6) is 0 Å². The first-order chi connectivity index (χ1) is 15.6. The molecular weight excluding hydrogens is 438 g/mol. The van der Waals surface area contributed by atoms with Gasteiger partial charge in [-0.1, -0.05) is 62.4 Å². The number of carbonyl (C=O) groups is 2. The van der Waals surface area contributed by atoms with E-state index in [2.05, 4.69) is 5.32 Å². The number of hydrogen-bond donors (Lipinski definition) is 1. The van der Waals surface area contributed by atoms with Crippen molar-refractivity contribution in [1.82, 2.24) is 10.2 Å². The predicted octanol–water partition coefficient (Wildman–Crippen LogP) is 3.42. The molecule has 8 heteroatoms. The summed E-state index contributed by atoms with van der Waals surface area (Å²) in [5.41, 5.74) is 1.49. The molecule has 0 fully saturated rings. The van der Waals surface area contributed by atoms with Crippen molar-refractivity contribution in [2.24, 2.45) is 5.92 Å². The second-order valence-electron chi connectivity index (χ2n) is 8.60. The lowest BCUT2D eigenvalue weighted by Gasteiger charge is -2.29. The van der Waals surface area contributed by atoms with Crippen molar-refractivity contribution in [2.45, 2.75) is 46.2 Å². The van der Waals surface area contributed by atoms with Crippen LogP contribution in [0.4, 0.5) is 5.69 Å². The van der Waals surface area contributed by atoms with E-state index in [1.54, 1.807) is 36.1 Å². The topological polar surface area (TPSA) is 86.8 Å². The molecule has 0 bridgehead atoms. The van der Waals surface area contributed by atoms with Gasteiger partial charge in [0.15, 0.2) is 0 Å². The van der Waals surface area contributed by atoms with Gasteiger partial charge in [0.05, 0.1) is 11.9 Å². The van der Waals surface area contributed by atoms with E-state index in [1.165, 1.54) is 4.31 Å². The third-order valence-corrected chi connectivity index (χ3v) is 6.44. The summed E-state index contributed by atoms with van der Waals surface area (Å²) in [6, 6.07) is 17.7. The maximum Gasteiger partial charge on any atom is 0.242 e. The fourth-order valence-corrected chi connectivity index (χ4v) is 4.38. The fraction of sp³-hybridized carbons (Fsp3) is 0.440. The molecular formula is C25H35N3O4S. The van der Waals surface area contributed by atoms with Crippen LogP contribution in [-0.4, -0.2) is 50.5 Å². The van der Waals surface area contributed by atoms with Gasteiger partial charge in [-0.2, -0.15) is 0 Å². The fourth-order valence-electron chi connectivity index (χ4n) is 3.41. The molecule has 7 nitrogen and oxygen atoms in total. The molecule has 0 spiro atoms. The van der Waals surface area contributed by atoms with Crippen LogP contribution in [0.3, 0.4) is 0 Å². The lowest BCUT2D eigenvalue weighted by Crippen LogP contribution is -2.48. The average molecular weight is 474 g/mol. The predicted molar refractivity (Wildman–Crippen MR) is 132 cm³/mol. The van der Waals surface area contributed by atoms with Gasteiger partial charge in [-0.15, -0.1) is 0 Å². The van der Waals surface area contributed by atoms with E-state index in [0.29, 0.717) is 31.1 Å². The Morgan fingerprint density at radius 3 is 2.06 bits per heavy atom. The molecule has 0 aromatic heterocycles. The molecule has 33 heavy (non-hydrogen) atoms. The SMILES string of the molecule is CC(C)CNC(=O)C(C)N(Cc1ccccc1)C(=O)CCCN(c1ccccc1)S(C)(=O)=O. The maximum absolute atomic E-state index is 13.2. The van der Waals surface area contributed by atoms with Gasteiger partial charge >= 0.3 is 0 Å². The number of para-hydroxylation sites is 1. The van der Waals surface area contributed by atoms with Crippen molar-refractivity contribution in [1.29, 1.82) is 0 Å². The molecule has 0 heterocycles. The Morgan fingerprint density at radius 1 is 0.939 bits per heavy atom. The molecule has 2 rings (SSSR count). The van der Waals surface area contributed by atoms with E-state index in [-0.39, 0.29) is 24.8 Å². The Labute approximate surface area is 197 Å². The molecule has 1 N–H and O–H groups in total. The van der Waals surface area contributed by atoms with Crippen LogP contribution in [0.25, 0.3) is 0 Å². The Hall–Kier alpha value is -2.87. The summed E-state index contributed by atoms with van der Waals surface area (Å²) >= 11 is 0. The Kier molecular flexibility index (Phi) is 9.91. The number of amides is 2. The standard InChI is InChI=1S/C25H35N3O4S/c1-20(2)18-26-25(30)21(3)27(19-22-12-7-5-8-13-22)24(29)16-11-17-28(33(4,31)32)23-14-9-6-10-15-23/h5-10,12-15,20-21H,11,16-19H2,1-4H3,(H,26,30). The van der Waals surface area contributed by atoms with E-state index >= 15 is 0 Å². The number of carbonyl (C=O) groups excluding carboxylic acids is 2. The van der Waals surface area contributed by atoms with Crippen molar-refractivity contribution in [3.63, 3.8) is 0 Å². The Balaban J connectivity index is 2.10. The second-order valence-corrected chi connectivity index (χ2v) is 10.5. The zero-order valence-corrected chi connectivity index (χ0v) is 20.7. The summed E-state index contributed by atoms with van der Waals surface area (Å²) in [7, 11) is -3.49. The van der Waals surface area contributed by atoms with Crippen LogP contribution in [0.1, 0.15) is 39.2 Å². The van der Waals surface area contributed by atoms with Crippen molar-refractivity contribution in [2.75, 3.05) is 23.7 Å². The molecule has 0 radical (unpaired) electrons. The monoisotopic (exact) mass is 473 g/mol. The van der Waals surface area contributed by atoms with Crippen molar-refractivity contribution in [3.8, 4) is 0 Å². The number of benzene rings is 2.